The van der Waals surface area contributed by atoms with E-state index in [9.17, 15) is 4.79 Å². The van der Waals surface area contributed by atoms with Crippen LogP contribution in [0, 0.1) is 0 Å². The number of halogens is 1. The van der Waals surface area contributed by atoms with Crippen molar-refractivity contribution < 1.29 is 9.53 Å². The Morgan fingerprint density at radius 3 is 2.57 bits per heavy atom. The average molecular weight is 313 g/mol. The monoisotopic (exact) mass is 312 g/mol. The molecule has 1 aliphatic carbocycles. The quantitative estimate of drug-likeness (QED) is 0.794. The molecule has 2 rings (SSSR count). The molecule has 0 radical (unpaired) electrons. The van der Waals surface area contributed by atoms with Gasteiger partial charge in [0, 0.05) is 6.54 Å². The zero-order valence-electron chi connectivity index (χ0n) is 12.3. The van der Waals surface area contributed by atoms with E-state index >= 15 is 0 Å². The van der Waals surface area contributed by atoms with Crippen LogP contribution in [-0.2, 0) is 9.53 Å². The molecular weight excluding hydrogens is 288 g/mol. The first-order chi connectivity index (χ1) is 9.77. The normalized spacial score (nSPS) is 16.8. The van der Waals surface area contributed by atoms with Gasteiger partial charge in [0.15, 0.2) is 0 Å². The van der Waals surface area contributed by atoms with E-state index in [4.69, 9.17) is 10.5 Å². The number of carbonyl (C=O) groups excluding carboxylic acids is 1. The lowest BCUT2D eigenvalue weighted by Gasteiger charge is -2.22. The number of benzene rings is 1. The van der Waals surface area contributed by atoms with Crippen LogP contribution in [0.15, 0.2) is 30.3 Å². The largest absolute Gasteiger partial charge is 0.376 e. The Morgan fingerprint density at radius 2 is 1.90 bits per heavy atom. The van der Waals surface area contributed by atoms with E-state index in [0.717, 1.165) is 18.4 Å². The topological polar surface area (TPSA) is 64.4 Å². The molecule has 0 spiro atoms. The van der Waals surface area contributed by atoms with Crippen molar-refractivity contribution in [1.29, 1.82) is 0 Å². The first kappa shape index (κ1) is 18.0. The Kier molecular flexibility index (Phi) is 8.35. The van der Waals surface area contributed by atoms with E-state index in [2.05, 4.69) is 5.32 Å². The van der Waals surface area contributed by atoms with Gasteiger partial charge in [0.25, 0.3) is 0 Å². The van der Waals surface area contributed by atoms with Crippen molar-refractivity contribution in [2.24, 2.45) is 5.73 Å². The number of nitrogens with one attached hydrogen (secondary N) is 1. The van der Waals surface area contributed by atoms with Crippen molar-refractivity contribution in [1.82, 2.24) is 5.32 Å². The highest BCUT2D eigenvalue weighted by Gasteiger charge is 2.16. The summed E-state index contributed by atoms with van der Waals surface area (Å²) in [5.74, 6) is -0.150. The van der Waals surface area contributed by atoms with E-state index in [-0.39, 0.29) is 18.3 Å². The SMILES string of the molecule is Cl.NC(C(=O)NCCOC1CCCCC1)c1ccccc1. The highest BCUT2D eigenvalue weighted by molar-refractivity contribution is 5.85. The van der Waals surface area contributed by atoms with Gasteiger partial charge in [0.2, 0.25) is 5.91 Å². The highest BCUT2D eigenvalue weighted by Crippen LogP contribution is 2.19. The second kappa shape index (κ2) is 9.77. The smallest absolute Gasteiger partial charge is 0.241 e. The minimum absolute atomic E-state index is 0. The first-order valence-electron chi connectivity index (χ1n) is 7.47. The number of hydrogen-bond donors (Lipinski definition) is 2. The third kappa shape index (κ3) is 6.04. The Balaban J connectivity index is 0.00000220. The molecule has 1 aliphatic rings. The summed E-state index contributed by atoms with van der Waals surface area (Å²) >= 11 is 0. The number of ether oxygens (including phenoxy) is 1. The van der Waals surface area contributed by atoms with Crippen molar-refractivity contribution in [3.8, 4) is 0 Å². The molecule has 5 heteroatoms. The minimum atomic E-state index is -0.606. The highest BCUT2D eigenvalue weighted by atomic mass is 35.5. The summed E-state index contributed by atoms with van der Waals surface area (Å²) in [6.07, 6.45) is 6.52. The fraction of sp³-hybridized carbons (Fsp3) is 0.562. The van der Waals surface area contributed by atoms with E-state index in [1.807, 2.05) is 30.3 Å². The van der Waals surface area contributed by atoms with Crippen LogP contribution in [0.2, 0.25) is 0 Å². The van der Waals surface area contributed by atoms with Crippen molar-refractivity contribution in [3.05, 3.63) is 35.9 Å². The van der Waals surface area contributed by atoms with Gasteiger partial charge in [-0.3, -0.25) is 4.79 Å². The number of carbonyl (C=O) groups is 1. The molecule has 21 heavy (non-hydrogen) atoms. The summed E-state index contributed by atoms with van der Waals surface area (Å²) in [4.78, 5) is 11.9. The molecule has 1 fully saturated rings. The molecule has 3 N–H and O–H groups in total. The van der Waals surface area contributed by atoms with Crippen LogP contribution in [-0.4, -0.2) is 25.2 Å². The predicted molar refractivity (Wildman–Crippen MR) is 86.5 cm³/mol. The Hall–Kier alpha value is -1.10. The van der Waals surface area contributed by atoms with Gasteiger partial charge in [0.05, 0.1) is 12.7 Å². The second-order valence-electron chi connectivity index (χ2n) is 5.31. The van der Waals surface area contributed by atoms with Gasteiger partial charge in [-0.05, 0) is 18.4 Å². The Bertz CT molecular complexity index is 408. The van der Waals surface area contributed by atoms with Crippen LogP contribution < -0.4 is 11.1 Å². The summed E-state index contributed by atoms with van der Waals surface area (Å²) in [5.41, 5.74) is 6.74. The Morgan fingerprint density at radius 1 is 1.24 bits per heavy atom. The number of nitrogens with two attached hydrogens (primary N) is 1. The van der Waals surface area contributed by atoms with Gasteiger partial charge in [-0.2, -0.15) is 0 Å². The van der Waals surface area contributed by atoms with Crippen molar-refractivity contribution in [3.63, 3.8) is 0 Å². The van der Waals surface area contributed by atoms with Crippen molar-refractivity contribution >= 4 is 18.3 Å². The first-order valence-corrected chi connectivity index (χ1v) is 7.47. The summed E-state index contributed by atoms with van der Waals surface area (Å²) in [6.45, 7) is 1.09. The second-order valence-corrected chi connectivity index (χ2v) is 5.31. The zero-order valence-corrected chi connectivity index (χ0v) is 13.1. The molecule has 0 aliphatic heterocycles. The summed E-state index contributed by atoms with van der Waals surface area (Å²) < 4.78 is 5.76. The molecule has 0 bridgehead atoms. The number of rotatable bonds is 6. The standard InChI is InChI=1S/C16H24N2O2.ClH/c17-15(13-7-3-1-4-8-13)16(19)18-11-12-20-14-9-5-2-6-10-14;/h1,3-4,7-8,14-15H,2,5-6,9-12,17H2,(H,18,19);1H. The van der Waals surface area contributed by atoms with Gasteiger partial charge in [-0.25, -0.2) is 0 Å². The molecule has 0 aromatic heterocycles. The van der Waals surface area contributed by atoms with Gasteiger partial charge in [0.1, 0.15) is 6.04 Å². The summed E-state index contributed by atoms with van der Waals surface area (Å²) in [7, 11) is 0. The molecular formula is C16H25ClN2O2. The van der Waals surface area contributed by atoms with Crippen LogP contribution in [0.1, 0.15) is 43.7 Å². The minimum Gasteiger partial charge on any atom is -0.376 e. The lowest BCUT2D eigenvalue weighted by Crippen LogP contribution is -2.36. The maximum Gasteiger partial charge on any atom is 0.241 e. The molecule has 1 aromatic carbocycles. The lowest BCUT2D eigenvalue weighted by molar-refractivity contribution is -0.122. The van der Waals surface area contributed by atoms with E-state index in [0.29, 0.717) is 19.3 Å². The van der Waals surface area contributed by atoms with Gasteiger partial charge < -0.3 is 15.8 Å². The molecule has 1 amide bonds. The van der Waals surface area contributed by atoms with Gasteiger partial charge in [-0.15, -0.1) is 12.4 Å². The van der Waals surface area contributed by atoms with Gasteiger partial charge in [-0.1, -0.05) is 49.6 Å². The molecule has 118 valence electrons. The molecule has 1 unspecified atom stereocenters. The average Bonchev–Trinajstić information content (AvgIpc) is 2.52. The molecule has 0 saturated heterocycles. The molecule has 0 heterocycles. The summed E-state index contributed by atoms with van der Waals surface area (Å²) in [6, 6.07) is 8.80. The third-order valence-corrected chi connectivity index (χ3v) is 3.75. The van der Waals surface area contributed by atoms with Gasteiger partial charge >= 0.3 is 0 Å². The molecule has 1 atom stereocenters. The van der Waals surface area contributed by atoms with Crippen LogP contribution in [0.5, 0.6) is 0 Å². The molecule has 1 aromatic rings. The van der Waals surface area contributed by atoms with E-state index in [1.165, 1.54) is 19.3 Å². The Labute approximate surface area is 132 Å². The fourth-order valence-electron chi connectivity index (χ4n) is 2.55. The van der Waals surface area contributed by atoms with Crippen LogP contribution in [0.4, 0.5) is 0 Å². The van der Waals surface area contributed by atoms with Crippen LogP contribution in [0.3, 0.4) is 0 Å². The maximum absolute atomic E-state index is 11.9. The third-order valence-electron chi connectivity index (χ3n) is 3.75. The fourth-order valence-corrected chi connectivity index (χ4v) is 2.55. The summed E-state index contributed by atoms with van der Waals surface area (Å²) in [5, 5.41) is 2.83. The van der Waals surface area contributed by atoms with Crippen molar-refractivity contribution in [2.75, 3.05) is 13.2 Å². The van der Waals surface area contributed by atoms with Crippen LogP contribution >= 0.6 is 12.4 Å². The number of hydrogen-bond acceptors (Lipinski definition) is 3. The maximum atomic E-state index is 11.9. The lowest BCUT2D eigenvalue weighted by atomic mass is 9.98. The molecule has 1 saturated carbocycles. The molecule has 4 nitrogen and oxygen atoms in total. The zero-order chi connectivity index (χ0) is 14.2. The van der Waals surface area contributed by atoms with Crippen molar-refractivity contribution in [2.45, 2.75) is 44.2 Å². The van der Waals surface area contributed by atoms with Crippen LogP contribution in [0.25, 0.3) is 0 Å². The predicted octanol–water partition coefficient (Wildman–Crippen LogP) is 2.57. The number of amides is 1. The van der Waals surface area contributed by atoms with E-state index < -0.39 is 6.04 Å². The van der Waals surface area contributed by atoms with E-state index in [1.54, 1.807) is 0 Å².